The maximum Gasteiger partial charge on any atom is 0.0432 e. The number of fused-ring (bicyclic) bond motifs is 1. The standard InChI is InChI=1S/C19H25N/c1-15-13-19(2,3)20(14-16-9-5-4-6-10-16)18-12-8-7-11-17(15)18/h4-10,12,15,17H,11,13-14H2,1-3H3. The summed E-state index contributed by atoms with van der Waals surface area (Å²) in [7, 11) is 0. The highest BCUT2D eigenvalue weighted by Crippen LogP contribution is 2.44. The van der Waals surface area contributed by atoms with E-state index in [1.54, 1.807) is 5.70 Å². The summed E-state index contributed by atoms with van der Waals surface area (Å²) in [5.74, 6) is 1.48. The summed E-state index contributed by atoms with van der Waals surface area (Å²) in [5.41, 5.74) is 3.19. The second-order valence-corrected chi connectivity index (χ2v) is 6.93. The molecule has 0 bridgehead atoms. The molecule has 0 saturated carbocycles. The van der Waals surface area contributed by atoms with Crippen LogP contribution in [-0.4, -0.2) is 10.4 Å². The number of nitrogens with zero attached hydrogens (tertiary/aromatic N) is 1. The molecule has 1 fully saturated rings. The molecule has 1 heteroatoms. The summed E-state index contributed by atoms with van der Waals surface area (Å²) in [5, 5.41) is 0. The minimum atomic E-state index is 0.239. The molecule has 3 rings (SSSR count). The van der Waals surface area contributed by atoms with E-state index in [4.69, 9.17) is 0 Å². The van der Waals surface area contributed by atoms with Gasteiger partial charge in [-0.15, -0.1) is 0 Å². The lowest BCUT2D eigenvalue weighted by atomic mass is 9.72. The van der Waals surface area contributed by atoms with Crippen LogP contribution >= 0.6 is 0 Å². The average molecular weight is 267 g/mol. The molecule has 0 amide bonds. The Bertz CT molecular complexity index is 524. The van der Waals surface area contributed by atoms with Crippen molar-refractivity contribution in [3.63, 3.8) is 0 Å². The topological polar surface area (TPSA) is 3.24 Å². The van der Waals surface area contributed by atoms with E-state index < -0.39 is 0 Å². The number of piperidine rings is 1. The lowest BCUT2D eigenvalue weighted by Crippen LogP contribution is -2.51. The van der Waals surface area contributed by atoms with Crippen LogP contribution in [0.3, 0.4) is 0 Å². The Balaban J connectivity index is 1.93. The van der Waals surface area contributed by atoms with E-state index in [0.29, 0.717) is 5.92 Å². The molecule has 2 unspecified atom stereocenters. The third kappa shape index (κ3) is 2.42. The Morgan fingerprint density at radius 2 is 1.95 bits per heavy atom. The average Bonchev–Trinajstić information content (AvgIpc) is 2.44. The molecule has 1 aliphatic carbocycles. The van der Waals surface area contributed by atoms with Crippen molar-refractivity contribution in [3.8, 4) is 0 Å². The Kier molecular flexibility index (Phi) is 3.45. The van der Waals surface area contributed by atoms with Gasteiger partial charge in [-0.05, 0) is 44.2 Å². The monoisotopic (exact) mass is 267 g/mol. The molecule has 0 spiro atoms. The van der Waals surface area contributed by atoms with Gasteiger partial charge in [0.2, 0.25) is 0 Å². The third-order valence-electron chi connectivity index (χ3n) is 4.91. The van der Waals surface area contributed by atoms with Gasteiger partial charge in [0.05, 0.1) is 0 Å². The predicted octanol–water partition coefficient (Wildman–Crippen LogP) is 4.77. The van der Waals surface area contributed by atoms with Gasteiger partial charge < -0.3 is 4.90 Å². The summed E-state index contributed by atoms with van der Waals surface area (Å²) in [6.07, 6.45) is 9.38. The molecule has 0 aromatic heterocycles. The first-order chi connectivity index (χ1) is 9.58. The number of hydrogen-bond donors (Lipinski definition) is 0. The molecule has 2 aliphatic rings. The fraction of sp³-hybridized carbons (Fsp3) is 0.474. The van der Waals surface area contributed by atoms with Gasteiger partial charge in [-0.1, -0.05) is 49.4 Å². The van der Waals surface area contributed by atoms with Gasteiger partial charge in [0.15, 0.2) is 0 Å². The SMILES string of the molecule is CC1CC(C)(C)N(Cc2ccccc2)C2=CC=CCC21. The zero-order valence-electron chi connectivity index (χ0n) is 12.8. The zero-order chi connectivity index (χ0) is 14.2. The minimum absolute atomic E-state index is 0.239. The van der Waals surface area contributed by atoms with Crippen LogP contribution in [0, 0.1) is 11.8 Å². The fourth-order valence-electron chi connectivity index (χ4n) is 3.91. The molecule has 1 nitrogen and oxygen atoms in total. The number of hydrogen-bond acceptors (Lipinski definition) is 1. The highest BCUT2D eigenvalue weighted by atomic mass is 15.2. The highest BCUT2D eigenvalue weighted by molar-refractivity contribution is 5.26. The molecule has 2 atom stereocenters. The summed E-state index contributed by atoms with van der Waals surface area (Å²) >= 11 is 0. The van der Waals surface area contributed by atoms with Gasteiger partial charge >= 0.3 is 0 Å². The van der Waals surface area contributed by atoms with Gasteiger partial charge in [0.25, 0.3) is 0 Å². The molecule has 1 aromatic carbocycles. The lowest BCUT2D eigenvalue weighted by molar-refractivity contribution is 0.0529. The molecule has 1 heterocycles. The van der Waals surface area contributed by atoms with E-state index in [1.165, 1.54) is 18.4 Å². The van der Waals surface area contributed by atoms with Crippen LogP contribution in [-0.2, 0) is 6.54 Å². The highest BCUT2D eigenvalue weighted by Gasteiger charge is 2.41. The lowest BCUT2D eigenvalue weighted by Gasteiger charge is -2.52. The predicted molar refractivity (Wildman–Crippen MR) is 85.2 cm³/mol. The molecule has 1 aromatic rings. The summed E-state index contributed by atoms with van der Waals surface area (Å²) in [6, 6.07) is 10.9. The van der Waals surface area contributed by atoms with E-state index in [1.807, 2.05) is 0 Å². The first kappa shape index (κ1) is 13.5. The van der Waals surface area contributed by atoms with Crippen molar-refractivity contribution in [2.24, 2.45) is 11.8 Å². The van der Waals surface area contributed by atoms with Crippen molar-refractivity contribution in [2.45, 2.75) is 45.7 Å². The maximum absolute atomic E-state index is 2.64. The zero-order valence-corrected chi connectivity index (χ0v) is 12.8. The van der Waals surface area contributed by atoms with Gasteiger partial charge in [0, 0.05) is 23.7 Å². The van der Waals surface area contributed by atoms with Gasteiger partial charge in [0.1, 0.15) is 0 Å². The smallest absolute Gasteiger partial charge is 0.0432 e. The number of rotatable bonds is 2. The fourth-order valence-corrected chi connectivity index (χ4v) is 3.91. The molecule has 0 N–H and O–H groups in total. The normalized spacial score (nSPS) is 27.9. The molecule has 1 aliphatic heterocycles. The van der Waals surface area contributed by atoms with E-state index in [2.05, 4.69) is 74.2 Å². The van der Waals surface area contributed by atoms with Gasteiger partial charge in [-0.3, -0.25) is 0 Å². The Morgan fingerprint density at radius 3 is 2.70 bits per heavy atom. The van der Waals surface area contributed by atoms with Crippen LogP contribution in [0.1, 0.15) is 39.2 Å². The number of benzene rings is 1. The van der Waals surface area contributed by atoms with Gasteiger partial charge in [-0.25, -0.2) is 0 Å². The van der Waals surface area contributed by atoms with Crippen molar-refractivity contribution < 1.29 is 0 Å². The van der Waals surface area contributed by atoms with Crippen molar-refractivity contribution in [1.29, 1.82) is 0 Å². The molecule has 1 saturated heterocycles. The quantitative estimate of drug-likeness (QED) is 0.746. The van der Waals surface area contributed by atoms with Gasteiger partial charge in [-0.2, -0.15) is 0 Å². The van der Waals surface area contributed by atoms with Crippen LogP contribution in [0.2, 0.25) is 0 Å². The third-order valence-corrected chi connectivity index (χ3v) is 4.91. The minimum Gasteiger partial charge on any atom is -0.365 e. The molecule has 106 valence electrons. The van der Waals surface area contributed by atoms with Crippen molar-refractivity contribution in [1.82, 2.24) is 4.90 Å². The molecule has 20 heavy (non-hydrogen) atoms. The number of allylic oxidation sites excluding steroid dienone is 4. The summed E-state index contributed by atoms with van der Waals surface area (Å²) in [6.45, 7) is 8.22. The Labute approximate surface area is 123 Å². The largest absolute Gasteiger partial charge is 0.365 e. The second-order valence-electron chi connectivity index (χ2n) is 6.93. The van der Waals surface area contributed by atoms with E-state index in [0.717, 1.165) is 12.5 Å². The number of likely N-dealkylation sites (tertiary alicyclic amines) is 1. The van der Waals surface area contributed by atoms with Crippen molar-refractivity contribution >= 4 is 0 Å². The van der Waals surface area contributed by atoms with Crippen LogP contribution < -0.4 is 0 Å². The second kappa shape index (κ2) is 5.12. The Morgan fingerprint density at radius 1 is 1.20 bits per heavy atom. The summed E-state index contributed by atoms with van der Waals surface area (Å²) in [4.78, 5) is 2.64. The van der Waals surface area contributed by atoms with Crippen LogP contribution in [0.4, 0.5) is 0 Å². The van der Waals surface area contributed by atoms with Crippen LogP contribution in [0.5, 0.6) is 0 Å². The maximum atomic E-state index is 2.64. The molecular formula is C19H25N. The Hall–Kier alpha value is -1.50. The molecular weight excluding hydrogens is 242 g/mol. The first-order valence-corrected chi connectivity index (χ1v) is 7.76. The van der Waals surface area contributed by atoms with E-state index in [-0.39, 0.29) is 5.54 Å². The van der Waals surface area contributed by atoms with Crippen molar-refractivity contribution in [2.75, 3.05) is 0 Å². The van der Waals surface area contributed by atoms with Crippen LogP contribution in [0.25, 0.3) is 0 Å². The van der Waals surface area contributed by atoms with E-state index >= 15 is 0 Å². The summed E-state index contributed by atoms with van der Waals surface area (Å²) < 4.78 is 0. The first-order valence-electron chi connectivity index (χ1n) is 7.76. The van der Waals surface area contributed by atoms with Crippen molar-refractivity contribution in [3.05, 3.63) is 59.8 Å². The van der Waals surface area contributed by atoms with Crippen LogP contribution in [0.15, 0.2) is 54.3 Å². The van der Waals surface area contributed by atoms with E-state index in [9.17, 15) is 0 Å². The molecule has 0 radical (unpaired) electrons.